The molecule has 7 heteroatoms. The maximum absolute atomic E-state index is 12.9. The summed E-state index contributed by atoms with van der Waals surface area (Å²) < 4.78 is 23.5. The zero-order valence-electron chi connectivity index (χ0n) is 13.7. The van der Waals surface area contributed by atoms with Crippen molar-refractivity contribution in [3.63, 3.8) is 0 Å². The van der Waals surface area contributed by atoms with Gasteiger partial charge >= 0.3 is 0 Å². The molecule has 1 amide bonds. The first kappa shape index (κ1) is 18.1. The molecule has 0 aromatic carbocycles. The summed E-state index contributed by atoms with van der Waals surface area (Å²) in [6.07, 6.45) is 4.73. The van der Waals surface area contributed by atoms with E-state index in [1.807, 2.05) is 19.0 Å². The van der Waals surface area contributed by atoms with Gasteiger partial charge in [-0.1, -0.05) is 6.42 Å². The maximum atomic E-state index is 12.9. The molecule has 0 radical (unpaired) electrons. The summed E-state index contributed by atoms with van der Waals surface area (Å²) in [7, 11) is 1.08. The minimum absolute atomic E-state index is 0.0383. The van der Waals surface area contributed by atoms with Gasteiger partial charge in [-0.2, -0.15) is 0 Å². The highest BCUT2D eigenvalue weighted by Gasteiger charge is 2.37. The first-order valence-corrected chi connectivity index (χ1v) is 11.0. The average molecular weight is 349 g/mol. The van der Waals surface area contributed by atoms with Crippen molar-refractivity contribution < 1.29 is 13.2 Å². The third-order valence-corrected chi connectivity index (χ3v) is 7.51. The molecule has 2 heterocycles. The van der Waals surface area contributed by atoms with Crippen LogP contribution in [0.4, 0.5) is 0 Å². The van der Waals surface area contributed by atoms with E-state index in [2.05, 4.69) is 4.90 Å². The topological polar surface area (TPSA) is 57.7 Å². The molecule has 2 aliphatic heterocycles. The zero-order valence-corrected chi connectivity index (χ0v) is 15.3. The fraction of sp³-hybridized carbons (Fsp3) is 0.933. The standard InChI is InChI=1S/C15H28N2O3S2/c1-16(2)8-5-9-17(13-7-11-22(19,20)12-13)15(18)14-6-3-4-10-21-14/h13-14H,3-12H2,1-2H3/t13-,14+/m1/s1. The summed E-state index contributed by atoms with van der Waals surface area (Å²) in [5.41, 5.74) is 0. The van der Waals surface area contributed by atoms with Crippen molar-refractivity contribution in [2.24, 2.45) is 0 Å². The number of hydrogen-bond acceptors (Lipinski definition) is 5. The van der Waals surface area contributed by atoms with Crippen LogP contribution in [-0.4, -0.2) is 79.9 Å². The molecule has 0 spiro atoms. The van der Waals surface area contributed by atoms with Crippen molar-refractivity contribution in [1.29, 1.82) is 0 Å². The minimum Gasteiger partial charge on any atom is -0.338 e. The zero-order chi connectivity index (χ0) is 16.2. The molecule has 5 nitrogen and oxygen atoms in total. The van der Waals surface area contributed by atoms with E-state index in [1.54, 1.807) is 11.8 Å². The molecule has 2 fully saturated rings. The Morgan fingerprint density at radius 3 is 2.50 bits per heavy atom. The number of nitrogens with zero attached hydrogens (tertiary/aromatic N) is 2. The van der Waals surface area contributed by atoms with Crippen molar-refractivity contribution in [1.82, 2.24) is 9.80 Å². The van der Waals surface area contributed by atoms with Crippen LogP contribution in [0.2, 0.25) is 0 Å². The fourth-order valence-corrected chi connectivity index (χ4v) is 6.17. The van der Waals surface area contributed by atoms with Gasteiger partial charge in [-0.25, -0.2) is 8.42 Å². The van der Waals surface area contributed by atoms with Crippen LogP contribution in [0, 0.1) is 0 Å². The summed E-state index contributed by atoms with van der Waals surface area (Å²) in [4.78, 5) is 16.9. The van der Waals surface area contributed by atoms with Crippen molar-refractivity contribution in [3.8, 4) is 0 Å². The number of carbonyl (C=O) groups excluding carboxylic acids is 1. The summed E-state index contributed by atoms with van der Waals surface area (Å²) >= 11 is 1.75. The second-order valence-electron chi connectivity index (χ2n) is 6.60. The third kappa shape index (κ3) is 5.13. The van der Waals surface area contributed by atoms with Crippen LogP contribution in [0.5, 0.6) is 0 Å². The van der Waals surface area contributed by atoms with Gasteiger partial charge in [0.2, 0.25) is 5.91 Å². The van der Waals surface area contributed by atoms with Gasteiger partial charge in [0.1, 0.15) is 0 Å². The number of thioether (sulfide) groups is 1. The molecule has 0 aliphatic carbocycles. The van der Waals surface area contributed by atoms with E-state index in [0.29, 0.717) is 13.0 Å². The van der Waals surface area contributed by atoms with Gasteiger partial charge in [0, 0.05) is 12.6 Å². The van der Waals surface area contributed by atoms with Gasteiger partial charge in [-0.15, -0.1) is 11.8 Å². The second-order valence-corrected chi connectivity index (χ2v) is 10.1. The predicted octanol–water partition coefficient (Wildman–Crippen LogP) is 1.24. The Labute approximate surface area is 138 Å². The van der Waals surface area contributed by atoms with Gasteiger partial charge in [-0.05, 0) is 52.1 Å². The first-order valence-electron chi connectivity index (χ1n) is 8.16. The molecule has 0 saturated carbocycles. The first-order chi connectivity index (χ1) is 10.4. The Kier molecular flexibility index (Phi) is 6.58. The molecule has 0 bridgehead atoms. The Bertz CT molecular complexity index is 473. The lowest BCUT2D eigenvalue weighted by Crippen LogP contribution is -2.46. The Morgan fingerprint density at radius 1 is 1.18 bits per heavy atom. The number of rotatable bonds is 6. The molecule has 0 aromatic rings. The van der Waals surface area contributed by atoms with Gasteiger partial charge in [-0.3, -0.25) is 4.79 Å². The van der Waals surface area contributed by atoms with E-state index >= 15 is 0 Å². The van der Waals surface area contributed by atoms with E-state index in [-0.39, 0.29) is 28.7 Å². The van der Waals surface area contributed by atoms with Crippen molar-refractivity contribution >= 4 is 27.5 Å². The van der Waals surface area contributed by atoms with Crippen molar-refractivity contribution in [2.75, 3.05) is 44.4 Å². The van der Waals surface area contributed by atoms with E-state index in [0.717, 1.165) is 31.6 Å². The van der Waals surface area contributed by atoms with Crippen LogP contribution in [0.3, 0.4) is 0 Å². The Morgan fingerprint density at radius 2 is 1.95 bits per heavy atom. The smallest absolute Gasteiger partial charge is 0.235 e. The van der Waals surface area contributed by atoms with Crippen molar-refractivity contribution in [3.05, 3.63) is 0 Å². The normalized spacial score (nSPS) is 28.0. The molecule has 22 heavy (non-hydrogen) atoms. The summed E-state index contributed by atoms with van der Waals surface area (Å²) in [5, 5.41) is 0.0383. The number of hydrogen-bond donors (Lipinski definition) is 0. The van der Waals surface area contributed by atoms with Crippen LogP contribution < -0.4 is 0 Å². The maximum Gasteiger partial charge on any atom is 0.235 e. The van der Waals surface area contributed by atoms with Gasteiger partial charge in [0.15, 0.2) is 9.84 Å². The van der Waals surface area contributed by atoms with E-state index in [9.17, 15) is 13.2 Å². The average Bonchev–Trinajstić information content (AvgIpc) is 2.83. The molecule has 2 saturated heterocycles. The largest absolute Gasteiger partial charge is 0.338 e. The van der Waals surface area contributed by atoms with Crippen LogP contribution in [0.1, 0.15) is 32.1 Å². The molecule has 2 aliphatic rings. The predicted molar refractivity (Wildman–Crippen MR) is 92.0 cm³/mol. The summed E-state index contributed by atoms with van der Waals surface area (Å²) in [6, 6.07) is -0.109. The van der Waals surface area contributed by atoms with Crippen molar-refractivity contribution in [2.45, 2.75) is 43.4 Å². The SMILES string of the molecule is CN(C)CCCN(C(=O)[C@@H]1CCCCS1)[C@@H]1CCS(=O)(=O)C1. The fourth-order valence-electron chi connectivity index (χ4n) is 3.17. The molecule has 0 N–H and O–H groups in total. The highest BCUT2D eigenvalue weighted by Crippen LogP contribution is 2.29. The molecule has 0 aromatic heterocycles. The van der Waals surface area contributed by atoms with E-state index < -0.39 is 9.84 Å². The summed E-state index contributed by atoms with van der Waals surface area (Å²) in [5.74, 6) is 1.60. The lowest BCUT2D eigenvalue weighted by molar-refractivity contribution is -0.132. The quantitative estimate of drug-likeness (QED) is 0.723. The highest BCUT2D eigenvalue weighted by atomic mass is 32.2. The number of carbonyl (C=O) groups is 1. The minimum atomic E-state index is -2.96. The summed E-state index contributed by atoms with van der Waals surface area (Å²) in [6.45, 7) is 1.59. The molecule has 2 atom stereocenters. The Hall–Kier alpha value is -0.270. The molecule has 128 valence electrons. The lowest BCUT2D eigenvalue weighted by atomic mass is 10.1. The van der Waals surface area contributed by atoms with E-state index in [1.165, 1.54) is 6.42 Å². The monoisotopic (exact) mass is 348 g/mol. The molecule has 0 unspecified atom stereocenters. The molecular weight excluding hydrogens is 320 g/mol. The lowest BCUT2D eigenvalue weighted by Gasteiger charge is -2.33. The van der Waals surface area contributed by atoms with Gasteiger partial charge < -0.3 is 9.80 Å². The second kappa shape index (κ2) is 8.02. The van der Waals surface area contributed by atoms with Gasteiger partial charge in [0.25, 0.3) is 0 Å². The van der Waals surface area contributed by atoms with Crippen LogP contribution in [0.15, 0.2) is 0 Å². The highest BCUT2D eigenvalue weighted by molar-refractivity contribution is 8.00. The third-order valence-electron chi connectivity index (χ3n) is 4.39. The molecule has 2 rings (SSSR count). The molecular formula is C15H28N2O3S2. The number of sulfone groups is 1. The van der Waals surface area contributed by atoms with Crippen LogP contribution in [0.25, 0.3) is 0 Å². The Balaban J connectivity index is 2.01. The van der Waals surface area contributed by atoms with Crippen LogP contribution in [-0.2, 0) is 14.6 Å². The van der Waals surface area contributed by atoms with Crippen LogP contribution >= 0.6 is 11.8 Å². The number of amides is 1. The van der Waals surface area contributed by atoms with E-state index in [4.69, 9.17) is 0 Å². The van der Waals surface area contributed by atoms with Gasteiger partial charge in [0.05, 0.1) is 16.8 Å².